The minimum atomic E-state index is 0.365. The van der Waals surface area contributed by atoms with Crippen LogP contribution < -0.4 is 4.74 Å². The molecule has 0 unspecified atom stereocenters. The van der Waals surface area contributed by atoms with E-state index >= 15 is 0 Å². The summed E-state index contributed by atoms with van der Waals surface area (Å²) in [7, 11) is 0. The normalized spacial score (nSPS) is 11.2. The van der Waals surface area contributed by atoms with E-state index in [1.54, 1.807) is 24.9 Å². The number of ether oxygens (including phenoxy) is 1. The quantitative estimate of drug-likeness (QED) is 0.366. The molecule has 0 aliphatic heterocycles. The summed E-state index contributed by atoms with van der Waals surface area (Å²) in [5.41, 5.74) is 3.09. The highest BCUT2D eigenvalue weighted by Crippen LogP contribution is 2.16. The van der Waals surface area contributed by atoms with Crippen LogP contribution in [0.4, 0.5) is 0 Å². The molecule has 0 spiro atoms. The van der Waals surface area contributed by atoms with Gasteiger partial charge in [0.25, 0.3) is 0 Å². The largest absolute Gasteiger partial charge is 0.487 e. The summed E-state index contributed by atoms with van der Waals surface area (Å²) in [6, 6.07) is 12.1. The number of hydrogen-bond donors (Lipinski definition) is 0. The number of nitrogens with zero attached hydrogens (tertiary/aromatic N) is 5. The zero-order valence-electron chi connectivity index (χ0n) is 16.6. The molecule has 7 nitrogen and oxygen atoms in total. The van der Waals surface area contributed by atoms with E-state index in [0.29, 0.717) is 12.5 Å². The second-order valence-electron chi connectivity index (χ2n) is 6.85. The minimum absolute atomic E-state index is 0.365. The van der Waals surface area contributed by atoms with Crippen LogP contribution >= 0.6 is 0 Å². The molecule has 0 amide bonds. The zero-order chi connectivity index (χ0) is 20.4. The molecule has 0 radical (unpaired) electrons. The average Bonchev–Trinajstić information content (AvgIpc) is 3.47. The van der Waals surface area contributed by atoms with E-state index in [1.807, 2.05) is 47.3 Å². The molecule has 0 aliphatic rings. The van der Waals surface area contributed by atoms with Crippen LogP contribution in [0.2, 0.25) is 0 Å². The monoisotopic (exact) mass is 401 g/mol. The van der Waals surface area contributed by atoms with Crippen LogP contribution in [0.3, 0.4) is 0 Å². The minimum Gasteiger partial charge on any atom is -0.487 e. The SMILES string of the molecule is C(=Cc1nc(COc2ccc(CCCCn3ccnn3)cc2)co1)c1ccncc1. The lowest BCUT2D eigenvalue weighted by atomic mass is 10.1. The Kier molecular flexibility index (Phi) is 6.63. The number of pyridine rings is 1. The summed E-state index contributed by atoms with van der Waals surface area (Å²) in [4.78, 5) is 8.42. The maximum atomic E-state index is 5.82. The third kappa shape index (κ3) is 5.88. The Labute approximate surface area is 175 Å². The molecule has 0 atom stereocenters. The van der Waals surface area contributed by atoms with E-state index in [1.165, 1.54) is 5.56 Å². The fraction of sp³-hybridized carbons (Fsp3) is 0.217. The molecule has 152 valence electrons. The van der Waals surface area contributed by atoms with Gasteiger partial charge in [0.1, 0.15) is 24.3 Å². The maximum absolute atomic E-state index is 5.82. The van der Waals surface area contributed by atoms with Crippen LogP contribution in [0.25, 0.3) is 12.2 Å². The highest BCUT2D eigenvalue weighted by molar-refractivity contribution is 5.65. The topological polar surface area (TPSA) is 78.9 Å². The predicted octanol–water partition coefficient (Wildman–Crippen LogP) is 4.43. The van der Waals surface area contributed by atoms with Gasteiger partial charge in [-0.05, 0) is 60.7 Å². The number of oxazole rings is 1. The molecule has 0 N–H and O–H groups in total. The van der Waals surface area contributed by atoms with E-state index < -0.39 is 0 Å². The molecule has 30 heavy (non-hydrogen) atoms. The standard InChI is InChI=1S/C23H23N5O2/c1(2-15-28-16-14-25-27-28)3-19-4-7-22(8-5-19)29-17-21-18-30-23(26-21)9-6-20-10-12-24-13-11-20/h4-14,16,18H,1-3,15,17H2. The number of aromatic nitrogens is 5. The Morgan fingerprint density at radius 1 is 0.967 bits per heavy atom. The van der Waals surface area contributed by atoms with Crippen molar-refractivity contribution >= 4 is 12.2 Å². The zero-order valence-corrected chi connectivity index (χ0v) is 16.6. The molecule has 1 aromatic carbocycles. The van der Waals surface area contributed by atoms with Crippen LogP contribution in [0.5, 0.6) is 5.75 Å². The Balaban J connectivity index is 1.20. The summed E-state index contributed by atoms with van der Waals surface area (Å²) < 4.78 is 13.2. The Morgan fingerprint density at radius 2 is 1.83 bits per heavy atom. The molecule has 0 aliphatic carbocycles. The predicted molar refractivity (Wildman–Crippen MR) is 113 cm³/mol. The number of rotatable bonds is 10. The van der Waals surface area contributed by atoms with Gasteiger partial charge in [-0.2, -0.15) is 0 Å². The summed E-state index contributed by atoms with van der Waals surface area (Å²) in [6.07, 6.45) is 15.7. The first-order valence-corrected chi connectivity index (χ1v) is 9.93. The first kappa shape index (κ1) is 19.6. The summed E-state index contributed by atoms with van der Waals surface area (Å²) >= 11 is 0. The highest BCUT2D eigenvalue weighted by atomic mass is 16.5. The van der Waals surface area contributed by atoms with Crippen LogP contribution in [0.1, 0.15) is 35.6 Å². The molecule has 4 aromatic rings. The van der Waals surface area contributed by atoms with Crippen LogP contribution in [0.15, 0.2) is 71.9 Å². The van der Waals surface area contributed by atoms with Crippen molar-refractivity contribution in [1.29, 1.82) is 0 Å². The van der Waals surface area contributed by atoms with Crippen molar-refractivity contribution in [2.24, 2.45) is 0 Å². The second-order valence-corrected chi connectivity index (χ2v) is 6.85. The Morgan fingerprint density at radius 3 is 2.63 bits per heavy atom. The summed E-state index contributed by atoms with van der Waals surface area (Å²) in [6.45, 7) is 1.27. The molecule has 3 heterocycles. The van der Waals surface area contributed by atoms with Gasteiger partial charge in [0.05, 0.1) is 6.20 Å². The van der Waals surface area contributed by atoms with Gasteiger partial charge in [-0.1, -0.05) is 17.3 Å². The van der Waals surface area contributed by atoms with E-state index in [-0.39, 0.29) is 0 Å². The molecule has 3 aromatic heterocycles. The van der Waals surface area contributed by atoms with E-state index in [4.69, 9.17) is 9.15 Å². The van der Waals surface area contributed by atoms with Crippen molar-refractivity contribution in [2.45, 2.75) is 32.4 Å². The van der Waals surface area contributed by atoms with Gasteiger partial charge in [0, 0.05) is 31.2 Å². The fourth-order valence-corrected chi connectivity index (χ4v) is 2.97. The Bertz CT molecular complexity index is 1040. The van der Waals surface area contributed by atoms with Gasteiger partial charge in [-0.3, -0.25) is 9.67 Å². The number of benzene rings is 1. The molecule has 0 bridgehead atoms. The third-order valence-electron chi connectivity index (χ3n) is 4.58. The first-order chi connectivity index (χ1) is 14.8. The van der Waals surface area contributed by atoms with Gasteiger partial charge in [0.15, 0.2) is 0 Å². The third-order valence-corrected chi connectivity index (χ3v) is 4.58. The first-order valence-electron chi connectivity index (χ1n) is 9.93. The number of hydrogen-bond acceptors (Lipinski definition) is 6. The van der Waals surface area contributed by atoms with Gasteiger partial charge in [0.2, 0.25) is 5.89 Å². The molecule has 4 rings (SSSR count). The molecule has 0 fully saturated rings. The van der Waals surface area contributed by atoms with E-state index in [2.05, 4.69) is 32.4 Å². The van der Waals surface area contributed by atoms with Crippen LogP contribution in [-0.4, -0.2) is 25.0 Å². The van der Waals surface area contributed by atoms with Crippen molar-refractivity contribution in [1.82, 2.24) is 25.0 Å². The average molecular weight is 401 g/mol. The molecule has 0 saturated heterocycles. The lowest BCUT2D eigenvalue weighted by Crippen LogP contribution is -1.99. The van der Waals surface area contributed by atoms with Gasteiger partial charge >= 0.3 is 0 Å². The second kappa shape index (κ2) is 10.2. The van der Waals surface area contributed by atoms with Crippen molar-refractivity contribution in [3.05, 3.63) is 90.2 Å². The van der Waals surface area contributed by atoms with Crippen LogP contribution in [0, 0.1) is 0 Å². The van der Waals surface area contributed by atoms with Crippen molar-refractivity contribution < 1.29 is 9.15 Å². The van der Waals surface area contributed by atoms with Gasteiger partial charge < -0.3 is 9.15 Å². The van der Waals surface area contributed by atoms with Crippen molar-refractivity contribution in [3.63, 3.8) is 0 Å². The van der Waals surface area contributed by atoms with E-state index in [0.717, 1.165) is 42.8 Å². The van der Waals surface area contributed by atoms with Gasteiger partial charge in [-0.15, -0.1) is 5.10 Å². The molecule has 0 saturated carbocycles. The summed E-state index contributed by atoms with van der Waals surface area (Å²) in [5, 5.41) is 7.79. The van der Waals surface area contributed by atoms with Gasteiger partial charge in [-0.25, -0.2) is 4.98 Å². The molecular formula is C23H23N5O2. The van der Waals surface area contributed by atoms with Crippen molar-refractivity contribution in [2.75, 3.05) is 0 Å². The summed E-state index contributed by atoms with van der Waals surface area (Å²) in [5.74, 6) is 1.37. The number of unbranched alkanes of at least 4 members (excludes halogenated alkanes) is 1. The smallest absolute Gasteiger partial charge is 0.218 e. The highest BCUT2D eigenvalue weighted by Gasteiger charge is 2.03. The molecular weight excluding hydrogens is 378 g/mol. The molecule has 7 heteroatoms. The Hall–Kier alpha value is -3.74. The number of aryl methyl sites for hydroxylation is 2. The van der Waals surface area contributed by atoms with E-state index in [9.17, 15) is 0 Å². The maximum Gasteiger partial charge on any atom is 0.218 e. The van der Waals surface area contributed by atoms with Crippen LogP contribution in [-0.2, 0) is 19.6 Å². The van der Waals surface area contributed by atoms with Crippen molar-refractivity contribution in [3.8, 4) is 5.75 Å². The fourth-order valence-electron chi connectivity index (χ4n) is 2.97. The lowest BCUT2D eigenvalue weighted by molar-refractivity contribution is 0.301. The lowest BCUT2D eigenvalue weighted by Gasteiger charge is -2.06.